The Morgan fingerprint density at radius 1 is 1.33 bits per heavy atom. The van der Waals surface area contributed by atoms with Crippen LogP contribution in [0, 0.1) is 0 Å². The van der Waals surface area contributed by atoms with Gasteiger partial charge in [0.1, 0.15) is 0 Å². The molecule has 1 aromatic heterocycles. The van der Waals surface area contributed by atoms with E-state index in [-0.39, 0.29) is 0 Å². The summed E-state index contributed by atoms with van der Waals surface area (Å²) in [5, 5.41) is 0.675. The Kier molecular flexibility index (Phi) is 5.22. The lowest BCUT2D eigenvalue weighted by Gasteiger charge is -2.18. The molecule has 5 nitrogen and oxygen atoms in total. The molecule has 0 aliphatic heterocycles. The highest BCUT2D eigenvalue weighted by Crippen LogP contribution is 2.22. The average Bonchev–Trinajstić information content (AvgIpc) is 2.49. The molecule has 2 aromatic rings. The third-order valence-electron chi connectivity index (χ3n) is 2.89. The predicted octanol–water partition coefficient (Wildman–Crippen LogP) is 3.14. The Hall–Kier alpha value is -2.01. The third kappa shape index (κ3) is 4.23. The molecule has 0 aliphatic rings. The van der Waals surface area contributed by atoms with Crippen molar-refractivity contribution in [1.29, 1.82) is 0 Å². The Morgan fingerprint density at radius 2 is 2.14 bits per heavy atom. The van der Waals surface area contributed by atoms with Gasteiger partial charge in [-0.3, -0.25) is 0 Å². The zero-order valence-electron chi connectivity index (χ0n) is 12.2. The van der Waals surface area contributed by atoms with Gasteiger partial charge in [-0.25, -0.2) is 4.98 Å². The van der Waals surface area contributed by atoms with Gasteiger partial charge < -0.3 is 15.4 Å². The number of anilines is 2. The second-order valence-electron chi connectivity index (χ2n) is 4.75. The first-order valence-corrected chi connectivity index (χ1v) is 7.19. The molecule has 0 fully saturated rings. The lowest BCUT2D eigenvalue weighted by molar-refractivity contribution is 0.305. The molecule has 0 unspecified atom stereocenters. The number of nitrogens with two attached hydrogens (primary N) is 1. The summed E-state index contributed by atoms with van der Waals surface area (Å²) in [6, 6.07) is 7.18. The van der Waals surface area contributed by atoms with Gasteiger partial charge in [-0.2, -0.15) is 4.98 Å². The lowest BCUT2D eigenvalue weighted by Crippen LogP contribution is -2.19. The number of nitrogen functional groups attached to an aromatic ring is 1. The Balaban J connectivity index is 2.12. The number of halogens is 1. The highest BCUT2D eigenvalue weighted by atomic mass is 35.5. The van der Waals surface area contributed by atoms with Crippen LogP contribution < -0.4 is 15.4 Å². The minimum absolute atomic E-state index is 0.571. The fraction of sp³-hybridized carbons (Fsp3) is 0.333. The van der Waals surface area contributed by atoms with Crippen LogP contribution in [0.25, 0.3) is 0 Å². The molecule has 6 heteroatoms. The van der Waals surface area contributed by atoms with Crippen LogP contribution in [0.2, 0.25) is 5.02 Å². The molecule has 0 atom stereocenters. The summed E-state index contributed by atoms with van der Waals surface area (Å²) in [7, 11) is 1.90. The molecule has 112 valence electrons. The van der Waals surface area contributed by atoms with Crippen molar-refractivity contribution >= 4 is 23.2 Å². The summed E-state index contributed by atoms with van der Waals surface area (Å²) >= 11 is 6.18. The van der Waals surface area contributed by atoms with E-state index in [0.29, 0.717) is 35.7 Å². The van der Waals surface area contributed by atoms with Crippen molar-refractivity contribution in [3.8, 4) is 5.88 Å². The van der Waals surface area contributed by atoms with Crippen molar-refractivity contribution in [3.63, 3.8) is 0 Å². The van der Waals surface area contributed by atoms with Gasteiger partial charge >= 0.3 is 0 Å². The van der Waals surface area contributed by atoms with Crippen molar-refractivity contribution in [3.05, 3.63) is 41.0 Å². The second-order valence-corrected chi connectivity index (χ2v) is 5.16. The maximum atomic E-state index is 6.18. The zero-order chi connectivity index (χ0) is 15.2. The first kappa shape index (κ1) is 15.4. The first-order chi connectivity index (χ1) is 10.1. The van der Waals surface area contributed by atoms with Crippen LogP contribution in [-0.2, 0) is 6.54 Å². The van der Waals surface area contributed by atoms with Crippen LogP contribution in [0.15, 0.2) is 30.5 Å². The number of benzene rings is 1. The molecule has 1 aromatic carbocycles. The Bertz CT molecular complexity index is 606. The predicted molar refractivity (Wildman–Crippen MR) is 85.8 cm³/mol. The Labute approximate surface area is 129 Å². The molecule has 0 saturated carbocycles. The van der Waals surface area contributed by atoms with Crippen LogP contribution in [0.4, 0.5) is 11.6 Å². The first-order valence-electron chi connectivity index (χ1n) is 6.81. The summed E-state index contributed by atoms with van der Waals surface area (Å²) in [6.45, 7) is 3.26. The number of rotatable bonds is 6. The highest BCUT2D eigenvalue weighted by molar-refractivity contribution is 6.31. The van der Waals surface area contributed by atoms with E-state index in [0.717, 1.165) is 12.0 Å². The van der Waals surface area contributed by atoms with Gasteiger partial charge in [0.05, 0.1) is 6.61 Å². The van der Waals surface area contributed by atoms with Crippen molar-refractivity contribution in [1.82, 2.24) is 9.97 Å². The van der Waals surface area contributed by atoms with E-state index in [1.807, 2.05) is 18.0 Å². The van der Waals surface area contributed by atoms with Crippen molar-refractivity contribution in [2.45, 2.75) is 19.9 Å². The largest absolute Gasteiger partial charge is 0.478 e. The SMILES string of the molecule is CCCOc1ccnc(N(C)Cc2cc(N)ccc2Cl)n1. The number of ether oxygens (including phenoxy) is 1. The quantitative estimate of drug-likeness (QED) is 0.831. The summed E-state index contributed by atoms with van der Waals surface area (Å²) in [5.74, 6) is 1.16. The van der Waals surface area contributed by atoms with Crippen LogP contribution in [0.3, 0.4) is 0 Å². The monoisotopic (exact) mass is 306 g/mol. The average molecular weight is 307 g/mol. The van der Waals surface area contributed by atoms with E-state index in [2.05, 4.69) is 16.9 Å². The molecule has 21 heavy (non-hydrogen) atoms. The van der Waals surface area contributed by atoms with Crippen LogP contribution in [0.1, 0.15) is 18.9 Å². The number of aromatic nitrogens is 2. The molecule has 0 aliphatic carbocycles. The molecule has 0 bridgehead atoms. The zero-order valence-corrected chi connectivity index (χ0v) is 13.0. The molecule has 0 amide bonds. The van der Waals surface area contributed by atoms with Crippen LogP contribution in [0.5, 0.6) is 5.88 Å². The fourth-order valence-electron chi connectivity index (χ4n) is 1.85. The summed E-state index contributed by atoms with van der Waals surface area (Å²) in [6.07, 6.45) is 2.62. The molecule has 0 spiro atoms. The van der Waals surface area contributed by atoms with E-state index >= 15 is 0 Å². The molecule has 0 radical (unpaired) electrons. The Morgan fingerprint density at radius 3 is 2.90 bits per heavy atom. The van der Waals surface area contributed by atoms with E-state index in [1.54, 1.807) is 24.4 Å². The number of nitrogens with zero attached hydrogens (tertiary/aromatic N) is 3. The molecule has 2 N–H and O–H groups in total. The normalized spacial score (nSPS) is 10.4. The van der Waals surface area contributed by atoms with Gasteiger partial charge in [0.25, 0.3) is 0 Å². The topological polar surface area (TPSA) is 64.3 Å². The maximum Gasteiger partial charge on any atom is 0.228 e. The summed E-state index contributed by atoms with van der Waals surface area (Å²) < 4.78 is 5.52. The third-order valence-corrected chi connectivity index (χ3v) is 3.26. The number of hydrogen-bond donors (Lipinski definition) is 1. The van der Waals surface area contributed by atoms with Crippen molar-refractivity contribution in [2.24, 2.45) is 0 Å². The summed E-state index contributed by atoms with van der Waals surface area (Å²) in [4.78, 5) is 10.5. The minimum atomic E-state index is 0.571. The van der Waals surface area contributed by atoms with Gasteiger partial charge in [-0.15, -0.1) is 0 Å². The standard InChI is InChI=1S/C15H19ClN4O/c1-3-8-21-14-6-7-18-15(19-14)20(2)10-11-9-12(17)4-5-13(11)16/h4-7,9H,3,8,10,17H2,1-2H3. The highest BCUT2D eigenvalue weighted by Gasteiger charge is 2.09. The van der Waals surface area contributed by atoms with Gasteiger partial charge in [0.15, 0.2) is 0 Å². The van der Waals surface area contributed by atoms with Crippen molar-refractivity contribution < 1.29 is 4.74 Å². The van der Waals surface area contributed by atoms with Gasteiger partial charge in [-0.1, -0.05) is 18.5 Å². The van der Waals surface area contributed by atoms with Gasteiger partial charge in [-0.05, 0) is 30.2 Å². The smallest absolute Gasteiger partial charge is 0.228 e. The molecular weight excluding hydrogens is 288 g/mol. The van der Waals surface area contributed by atoms with Gasteiger partial charge in [0.2, 0.25) is 11.8 Å². The molecule has 2 rings (SSSR count). The molecule has 1 heterocycles. The van der Waals surface area contributed by atoms with Crippen molar-refractivity contribution in [2.75, 3.05) is 24.3 Å². The number of hydrogen-bond acceptors (Lipinski definition) is 5. The fourth-order valence-corrected chi connectivity index (χ4v) is 2.02. The van der Waals surface area contributed by atoms with E-state index in [9.17, 15) is 0 Å². The maximum absolute atomic E-state index is 6.18. The summed E-state index contributed by atoms with van der Waals surface area (Å²) in [5.41, 5.74) is 7.41. The second kappa shape index (κ2) is 7.13. The minimum Gasteiger partial charge on any atom is -0.478 e. The molecular formula is C15H19ClN4O. The van der Waals surface area contributed by atoms with Gasteiger partial charge in [0, 0.05) is 36.6 Å². The lowest BCUT2D eigenvalue weighted by atomic mass is 10.2. The van der Waals surface area contributed by atoms with E-state index < -0.39 is 0 Å². The molecule has 0 saturated heterocycles. The van der Waals surface area contributed by atoms with E-state index in [1.165, 1.54) is 0 Å². The van der Waals surface area contributed by atoms with E-state index in [4.69, 9.17) is 22.1 Å². The van der Waals surface area contributed by atoms with Crippen LogP contribution >= 0.6 is 11.6 Å². The van der Waals surface area contributed by atoms with Crippen LogP contribution in [-0.4, -0.2) is 23.6 Å².